The zero-order valence-corrected chi connectivity index (χ0v) is 17.6. The van der Waals surface area contributed by atoms with E-state index in [-0.39, 0.29) is 0 Å². The maximum absolute atomic E-state index is 2.72. The molecule has 0 atom stereocenters. The van der Waals surface area contributed by atoms with Crippen LogP contribution >= 0.6 is 7.26 Å². The second kappa shape index (κ2) is 9.50. The first-order valence-electron chi connectivity index (χ1n) is 10.7. The van der Waals surface area contributed by atoms with Gasteiger partial charge in [0.15, 0.2) is 0 Å². The van der Waals surface area contributed by atoms with Gasteiger partial charge in [0, 0.05) is 6.54 Å². The van der Waals surface area contributed by atoms with Crippen LogP contribution in [0.3, 0.4) is 0 Å². The molecule has 0 N–H and O–H groups in total. The van der Waals surface area contributed by atoms with E-state index in [9.17, 15) is 0 Å². The first kappa shape index (κ1) is 19.4. The van der Waals surface area contributed by atoms with Crippen LogP contribution in [0, 0.1) is 0 Å². The summed E-state index contributed by atoms with van der Waals surface area (Å²) >= 11 is 0. The predicted molar refractivity (Wildman–Crippen MR) is 125 cm³/mol. The topological polar surface area (TPSA) is 3.24 Å². The molecule has 4 rings (SSSR count). The van der Waals surface area contributed by atoms with Gasteiger partial charge in [0.25, 0.3) is 0 Å². The molecule has 0 amide bonds. The van der Waals surface area contributed by atoms with Crippen molar-refractivity contribution in [1.82, 2.24) is 4.90 Å². The van der Waals surface area contributed by atoms with E-state index >= 15 is 0 Å². The molecular weight excluding hydrogens is 357 g/mol. The summed E-state index contributed by atoms with van der Waals surface area (Å²) in [6, 6.07) is 33.8. The lowest BCUT2D eigenvalue weighted by Crippen LogP contribution is -2.38. The van der Waals surface area contributed by atoms with Crippen LogP contribution in [0.4, 0.5) is 0 Å². The minimum Gasteiger partial charge on any atom is -0.300 e. The molecule has 28 heavy (non-hydrogen) atoms. The van der Waals surface area contributed by atoms with E-state index in [0.717, 1.165) is 0 Å². The molecule has 1 fully saturated rings. The number of benzene rings is 3. The van der Waals surface area contributed by atoms with Crippen molar-refractivity contribution in [2.45, 2.75) is 25.7 Å². The maximum Gasteiger partial charge on any atom is 0.113 e. The summed E-state index contributed by atoms with van der Waals surface area (Å²) < 4.78 is 0. The Hall–Kier alpha value is -1.95. The molecule has 0 spiro atoms. The second-order valence-electron chi connectivity index (χ2n) is 7.80. The van der Waals surface area contributed by atoms with E-state index < -0.39 is 7.26 Å². The summed E-state index contributed by atoms with van der Waals surface area (Å²) in [7, 11) is -1.68. The summed E-state index contributed by atoms with van der Waals surface area (Å²) in [5.41, 5.74) is 0. The highest BCUT2D eigenvalue weighted by Gasteiger charge is 2.45. The molecular formula is C26H31NP+. The van der Waals surface area contributed by atoms with E-state index in [0.29, 0.717) is 0 Å². The van der Waals surface area contributed by atoms with E-state index in [4.69, 9.17) is 0 Å². The van der Waals surface area contributed by atoms with Gasteiger partial charge in [-0.15, -0.1) is 0 Å². The summed E-state index contributed by atoms with van der Waals surface area (Å²) in [4.78, 5) is 2.72. The van der Waals surface area contributed by atoms with Gasteiger partial charge in [0.1, 0.15) is 23.2 Å². The third-order valence-electron chi connectivity index (χ3n) is 6.04. The highest BCUT2D eigenvalue weighted by molar-refractivity contribution is 7.95. The Morgan fingerprint density at radius 2 is 0.929 bits per heavy atom. The lowest BCUT2D eigenvalue weighted by atomic mass is 10.2. The van der Waals surface area contributed by atoms with Crippen LogP contribution in [0.5, 0.6) is 0 Å². The first-order chi connectivity index (χ1) is 13.9. The van der Waals surface area contributed by atoms with Gasteiger partial charge in [-0.1, -0.05) is 67.4 Å². The Morgan fingerprint density at radius 1 is 0.536 bits per heavy atom. The Balaban J connectivity index is 1.78. The smallest absolute Gasteiger partial charge is 0.113 e. The van der Waals surface area contributed by atoms with Gasteiger partial charge in [-0.2, -0.15) is 0 Å². The minimum absolute atomic E-state index is 1.19. The first-order valence-corrected chi connectivity index (χ1v) is 12.6. The van der Waals surface area contributed by atoms with Gasteiger partial charge in [-0.25, -0.2) is 0 Å². The number of likely N-dealkylation sites (tertiary alicyclic amines) is 1. The quantitative estimate of drug-likeness (QED) is 0.545. The molecule has 1 saturated heterocycles. The van der Waals surface area contributed by atoms with Gasteiger partial charge < -0.3 is 0 Å². The zero-order valence-electron chi connectivity index (χ0n) is 16.7. The minimum atomic E-state index is -1.68. The van der Waals surface area contributed by atoms with Crippen molar-refractivity contribution in [3.8, 4) is 0 Å². The van der Waals surface area contributed by atoms with E-state index in [1.807, 2.05) is 0 Å². The van der Waals surface area contributed by atoms with E-state index in [1.165, 1.54) is 67.4 Å². The lowest BCUT2D eigenvalue weighted by Gasteiger charge is -2.30. The van der Waals surface area contributed by atoms with Crippen LogP contribution in [0.2, 0.25) is 0 Å². The van der Waals surface area contributed by atoms with Crippen molar-refractivity contribution in [1.29, 1.82) is 0 Å². The van der Waals surface area contributed by atoms with Crippen LogP contribution in [0.25, 0.3) is 0 Å². The Bertz CT molecular complexity index is 727. The number of hydrogen-bond acceptors (Lipinski definition) is 1. The number of nitrogens with zero attached hydrogens (tertiary/aromatic N) is 1. The normalized spacial score (nSPS) is 15.9. The Labute approximate surface area is 170 Å². The molecule has 0 aliphatic carbocycles. The van der Waals surface area contributed by atoms with Crippen molar-refractivity contribution in [2.75, 3.05) is 25.8 Å². The van der Waals surface area contributed by atoms with Gasteiger partial charge in [-0.3, -0.25) is 4.90 Å². The molecule has 0 radical (unpaired) electrons. The van der Waals surface area contributed by atoms with Crippen LogP contribution in [0.1, 0.15) is 25.7 Å². The summed E-state index contributed by atoms with van der Waals surface area (Å²) in [5.74, 6) is 0. The second-order valence-corrected chi connectivity index (χ2v) is 11.4. The summed E-state index contributed by atoms with van der Waals surface area (Å²) in [6.07, 6.45) is 6.71. The zero-order chi connectivity index (χ0) is 19.1. The van der Waals surface area contributed by atoms with Gasteiger partial charge in [0.05, 0.1) is 6.16 Å². The monoisotopic (exact) mass is 388 g/mol. The third-order valence-corrected chi connectivity index (χ3v) is 10.5. The SMILES string of the molecule is c1ccc([P+](CCN2CCCCCC2)(c2ccccc2)c2ccccc2)cc1. The van der Waals surface area contributed by atoms with Crippen LogP contribution in [-0.2, 0) is 0 Å². The van der Waals surface area contributed by atoms with Crippen molar-refractivity contribution in [3.05, 3.63) is 91.0 Å². The lowest BCUT2D eigenvalue weighted by molar-refractivity contribution is 0.302. The fourth-order valence-electron chi connectivity index (χ4n) is 4.53. The Morgan fingerprint density at radius 3 is 1.32 bits per heavy atom. The molecule has 0 bridgehead atoms. The standard InChI is InChI=1S/C26H31NP/c1-2-13-21-27(20-12-1)22-23-28(24-14-6-3-7-15-24,25-16-8-4-9-17-25)26-18-10-5-11-19-26/h3-11,14-19H,1-2,12-13,20-23H2/q+1. The highest BCUT2D eigenvalue weighted by atomic mass is 31.2. The summed E-state index contributed by atoms with van der Waals surface area (Å²) in [6.45, 7) is 3.71. The molecule has 0 unspecified atom stereocenters. The fourth-order valence-corrected chi connectivity index (χ4v) is 8.83. The average Bonchev–Trinajstić information content (AvgIpc) is 3.06. The van der Waals surface area contributed by atoms with E-state index in [1.54, 1.807) is 0 Å². The fraction of sp³-hybridized carbons (Fsp3) is 0.308. The van der Waals surface area contributed by atoms with Crippen molar-refractivity contribution >= 4 is 23.2 Å². The van der Waals surface area contributed by atoms with Gasteiger partial charge in [0.2, 0.25) is 0 Å². The van der Waals surface area contributed by atoms with Crippen LogP contribution < -0.4 is 15.9 Å². The van der Waals surface area contributed by atoms with Crippen molar-refractivity contribution in [3.63, 3.8) is 0 Å². The molecule has 1 aliphatic heterocycles. The highest BCUT2D eigenvalue weighted by Crippen LogP contribution is 2.55. The molecule has 2 heteroatoms. The molecule has 3 aromatic rings. The molecule has 0 aromatic heterocycles. The van der Waals surface area contributed by atoms with Gasteiger partial charge in [-0.05, 0) is 62.3 Å². The summed E-state index contributed by atoms with van der Waals surface area (Å²) in [5, 5.41) is 4.51. The number of rotatable bonds is 6. The molecule has 3 aromatic carbocycles. The average molecular weight is 389 g/mol. The Kier molecular flexibility index (Phi) is 6.57. The molecule has 144 valence electrons. The largest absolute Gasteiger partial charge is 0.300 e. The van der Waals surface area contributed by atoms with Crippen LogP contribution in [-0.4, -0.2) is 30.7 Å². The van der Waals surface area contributed by atoms with Crippen LogP contribution in [0.15, 0.2) is 91.0 Å². The molecule has 1 aliphatic rings. The van der Waals surface area contributed by atoms with Gasteiger partial charge >= 0.3 is 0 Å². The maximum atomic E-state index is 2.72. The van der Waals surface area contributed by atoms with Crippen molar-refractivity contribution < 1.29 is 0 Å². The molecule has 1 heterocycles. The molecule has 1 nitrogen and oxygen atoms in total. The van der Waals surface area contributed by atoms with E-state index in [2.05, 4.69) is 95.9 Å². The number of hydrogen-bond donors (Lipinski definition) is 0. The predicted octanol–water partition coefficient (Wildman–Crippen LogP) is 4.86. The molecule has 0 saturated carbocycles. The third kappa shape index (κ3) is 4.22. The van der Waals surface area contributed by atoms with Crippen molar-refractivity contribution in [2.24, 2.45) is 0 Å².